The van der Waals surface area contributed by atoms with Gasteiger partial charge in [-0.25, -0.2) is 0 Å². The number of benzene rings is 1. The molecule has 0 radical (unpaired) electrons. The van der Waals surface area contributed by atoms with Crippen LogP contribution in [0.3, 0.4) is 0 Å². The molecule has 0 heterocycles. The minimum Gasteiger partial charge on any atom is -0.397 e. The third kappa shape index (κ3) is 3.82. The van der Waals surface area contributed by atoms with Crippen LogP contribution in [0.5, 0.6) is 0 Å². The van der Waals surface area contributed by atoms with E-state index in [0.29, 0.717) is 12.5 Å². The molecule has 0 aromatic heterocycles. The summed E-state index contributed by atoms with van der Waals surface area (Å²) in [5.41, 5.74) is 5.50. The van der Waals surface area contributed by atoms with Crippen LogP contribution in [-0.4, -0.2) is 17.4 Å². The van der Waals surface area contributed by atoms with Crippen molar-refractivity contribution in [3.63, 3.8) is 0 Å². The van der Waals surface area contributed by atoms with Crippen LogP contribution < -0.4 is 11.1 Å². The van der Waals surface area contributed by atoms with Crippen molar-refractivity contribution in [3.8, 4) is 0 Å². The summed E-state index contributed by atoms with van der Waals surface area (Å²) in [5, 5.41) is 13.4. The van der Waals surface area contributed by atoms with Crippen LogP contribution in [0.1, 0.15) is 30.6 Å². The number of amides is 1. The van der Waals surface area contributed by atoms with Crippen molar-refractivity contribution in [3.05, 3.63) is 32.8 Å². The van der Waals surface area contributed by atoms with E-state index in [1.165, 1.54) is 0 Å². The third-order valence-corrected chi connectivity index (χ3v) is 3.19. The maximum absolute atomic E-state index is 11.9. The van der Waals surface area contributed by atoms with Gasteiger partial charge in [-0.2, -0.15) is 0 Å². The molecule has 0 aliphatic heterocycles. The van der Waals surface area contributed by atoms with Gasteiger partial charge in [0.2, 0.25) is 0 Å². The second-order valence-electron chi connectivity index (χ2n) is 4.37. The number of nitro benzene ring substituents is 1. The van der Waals surface area contributed by atoms with Crippen molar-refractivity contribution in [2.45, 2.75) is 20.3 Å². The Morgan fingerprint density at radius 2 is 2.21 bits per heavy atom. The van der Waals surface area contributed by atoms with Crippen molar-refractivity contribution in [2.24, 2.45) is 5.92 Å². The van der Waals surface area contributed by atoms with Gasteiger partial charge in [-0.05, 0) is 5.92 Å². The van der Waals surface area contributed by atoms with Crippen LogP contribution >= 0.6 is 11.6 Å². The minimum atomic E-state index is -0.614. The molecule has 1 amide bonds. The van der Waals surface area contributed by atoms with Crippen LogP contribution in [0, 0.1) is 16.0 Å². The first-order valence-electron chi connectivity index (χ1n) is 5.88. The van der Waals surface area contributed by atoms with Gasteiger partial charge in [0.25, 0.3) is 11.6 Å². The maximum Gasteiger partial charge on any atom is 0.271 e. The number of halogens is 1. The monoisotopic (exact) mass is 285 g/mol. The van der Waals surface area contributed by atoms with E-state index in [9.17, 15) is 14.9 Å². The first-order chi connectivity index (χ1) is 8.86. The van der Waals surface area contributed by atoms with Crippen LogP contribution in [0.25, 0.3) is 0 Å². The zero-order valence-electron chi connectivity index (χ0n) is 10.8. The molecule has 7 heteroatoms. The number of non-ortho nitro benzene ring substituents is 1. The fourth-order valence-electron chi connectivity index (χ4n) is 1.40. The highest BCUT2D eigenvalue weighted by molar-refractivity contribution is 6.34. The summed E-state index contributed by atoms with van der Waals surface area (Å²) in [6, 6.07) is 2.26. The number of nitro groups is 1. The first-order valence-corrected chi connectivity index (χ1v) is 6.26. The molecule has 6 nitrogen and oxygen atoms in total. The molecule has 0 aliphatic carbocycles. The summed E-state index contributed by atoms with van der Waals surface area (Å²) in [6.07, 6.45) is 0.922. The van der Waals surface area contributed by atoms with Gasteiger partial charge in [0.15, 0.2) is 0 Å². The normalized spacial score (nSPS) is 11.9. The van der Waals surface area contributed by atoms with Crippen molar-refractivity contribution in [1.82, 2.24) is 5.32 Å². The number of carbonyl (C=O) groups excluding carboxylic acids is 1. The van der Waals surface area contributed by atoms with E-state index in [4.69, 9.17) is 17.3 Å². The van der Waals surface area contributed by atoms with Gasteiger partial charge in [-0.3, -0.25) is 14.9 Å². The maximum atomic E-state index is 11.9. The fraction of sp³-hybridized carbons (Fsp3) is 0.417. The molecule has 0 aliphatic rings. The number of anilines is 1. The molecule has 0 saturated carbocycles. The number of nitrogen functional groups attached to an aromatic ring is 1. The molecule has 0 bridgehead atoms. The number of nitrogens with two attached hydrogens (primary N) is 1. The Kier molecular flexibility index (Phi) is 5.11. The Balaban J connectivity index is 2.98. The van der Waals surface area contributed by atoms with E-state index in [1.807, 2.05) is 13.8 Å². The molecule has 0 saturated heterocycles. The Labute approximate surface area is 116 Å². The van der Waals surface area contributed by atoms with Gasteiger partial charge in [0.1, 0.15) is 0 Å². The molecule has 3 N–H and O–H groups in total. The van der Waals surface area contributed by atoms with Crippen molar-refractivity contribution in [2.75, 3.05) is 12.3 Å². The van der Waals surface area contributed by atoms with Gasteiger partial charge < -0.3 is 11.1 Å². The van der Waals surface area contributed by atoms with E-state index in [-0.39, 0.29) is 22.0 Å². The topological polar surface area (TPSA) is 98.3 Å². The number of nitrogens with zero attached hydrogens (tertiary/aromatic N) is 1. The van der Waals surface area contributed by atoms with Crippen molar-refractivity contribution >= 4 is 28.9 Å². The molecule has 1 atom stereocenters. The lowest BCUT2D eigenvalue weighted by Gasteiger charge is -2.12. The van der Waals surface area contributed by atoms with Gasteiger partial charge >= 0.3 is 0 Å². The Morgan fingerprint density at radius 1 is 1.58 bits per heavy atom. The number of carbonyl (C=O) groups is 1. The second-order valence-corrected chi connectivity index (χ2v) is 4.78. The zero-order valence-corrected chi connectivity index (χ0v) is 11.5. The first kappa shape index (κ1) is 15.2. The number of hydrogen-bond acceptors (Lipinski definition) is 4. The van der Waals surface area contributed by atoms with Gasteiger partial charge in [0.05, 0.1) is 21.2 Å². The van der Waals surface area contributed by atoms with Crippen LogP contribution in [0.4, 0.5) is 11.4 Å². The fourth-order valence-corrected chi connectivity index (χ4v) is 1.62. The molecular weight excluding hydrogens is 270 g/mol. The van der Waals surface area contributed by atoms with E-state index in [2.05, 4.69) is 5.32 Å². The Hall–Kier alpha value is -1.82. The highest BCUT2D eigenvalue weighted by Gasteiger charge is 2.18. The molecule has 1 aromatic carbocycles. The van der Waals surface area contributed by atoms with E-state index < -0.39 is 10.8 Å². The summed E-state index contributed by atoms with van der Waals surface area (Å²) >= 11 is 5.79. The van der Waals surface area contributed by atoms with E-state index >= 15 is 0 Å². The zero-order chi connectivity index (χ0) is 14.6. The summed E-state index contributed by atoms with van der Waals surface area (Å²) in [7, 11) is 0. The smallest absolute Gasteiger partial charge is 0.271 e. The van der Waals surface area contributed by atoms with E-state index in [1.54, 1.807) is 0 Å². The highest BCUT2D eigenvalue weighted by atomic mass is 35.5. The molecule has 0 fully saturated rings. The molecule has 1 rings (SSSR count). The molecule has 1 unspecified atom stereocenters. The predicted molar refractivity (Wildman–Crippen MR) is 74.3 cm³/mol. The lowest BCUT2D eigenvalue weighted by molar-refractivity contribution is -0.384. The van der Waals surface area contributed by atoms with Crippen LogP contribution in [0.2, 0.25) is 5.02 Å². The molecule has 104 valence electrons. The van der Waals surface area contributed by atoms with Crippen LogP contribution in [0.15, 0.2) is 12.1 Å². The molecular formula is C12H16ClN3O3. The summed E-state index contributed by atoms with van der Waals surface area (Å²) in [4.78, 5) is 22.1. The Bertz CT molecular complexity index is 505. The number of nitrogens with one attached hydrogen (secondary N) is 1. The Morgan fingerprint density at radius 3 is 2.74 bits per heavy atom. The summed E-state index contributed by atoms with van der Waals surface area (Å²) in [6.45, 7) is 4.48. The minimum absolute atomic E-state index is 0.00268. The standard InChI is InChI=1S/C12H16ClN3O3/c1-3-7(2)6-15-12(17)9-4-8(16(18)19)5-10(13)11(9)14/h4-5,7H,3,6,14H2,1-2H3,(H,15,17). The molecule has 1 aromatic rings. The van der Waals surface area contributed by atoms with Crippen molar-refractivity contribution in [1.29, 1.82) is 0 Å². The van der Waals surface area contributed by atoms with Gasteiger partial charge in [-0.15, -0.1) is 0 Å². The third-order valence-electron chi connectivity index (χ3n) is 2.88. The lowest BCUT2D eigenvalue weighted by Crippen LogP contribution is -2.28. The number of rotatable bonds is 5. The second kappa shape index (κ2) is 6.38. The number of hydrogen-bond donors (Lipinski definition) is 2. The predicted octanol–water partition coefficient (Wildman–Crippen LogP) is 2.61. The average Bonchev–Trinajstić information content (AvgIpc) is 2.38. The van der Waals surface area contributed by atoms with Crippen molar-refractivity contribution < 1.29 is 9.72 Å². The van der Waals surface area contributed by atoms with Crippen LogP contribution in [-0.2, 0) is 0 Å². The highest BCUT2D eigenvalue weighted by Crippen LogP contribution is 2.28. The largest absolute Gasteiger partial charge is 0.397 e. The SMILES string of the molecule is CCC(C)CNC(=O)c1cc([N+](=O)[O-])cc(Cl)c1N. The van der Waals surface area contributed by atoms with Gasteiger partial charge in [0, 0.05) is 18.7 Å². The summed E-state index contributed by atoms with van der Waals surface area (Å²) in [5.74, 6) is -0.136. The summed E-state index contributed by atoms with van der Waals surface area (Å²) < 4.78 is 0. The van der Waals surface area contributed by atoms with Gasteiger partial charge in [-0.1, -0.05) is 31.9 Å². The average molecular weight is 286 g/mol. The molecule has 0 spiro atoms. The van der Waals surface area contributed by atoms with E-state index in [0.717, 1.165) is 18.6 Å². The molecule has 19 heavy (non-hydrogen) atoms. The lowest BCUT2D eigenvalue weighted by atomic mass is 10.1. The quantitative estimate of drug-likeness (QED) is 0.493.